The molecule has 27 heavy (non-hydrogen) atoms. The first-order valence-electron chi connectivity index (χ1n) is 7.76. The van der Waals surface area contributed by atoms with Crippen LogP contribution in [0.4, 0.5) is 18.0 Å². The minimum atomic E-state index is -4.51. The molecular formula is C19H12F3NO3S. The number of ketones is 1. The number of benzene rings is 2. The first-order valence-corrected chi connectivity index (χ1v) is 8.58. The maximum atomic E-state index is 12.8. The molecular weight excluding hydrogens is 379 g/mol. The van der Waals surface area contributed by atoms with Crippen molar-refractivity contribution in [2.45, 2.75) is 6.18 Å². The molecule has 0 aliphatic carbocycles. The van der Waals surface area contributed by atoms with Gasteiger partial charge in [0.2, 0.25) is 0 Å². The summed E-state index contributed by atoms with van der Waals surface area (Å²) in [5.41, 5.74) is -0.349. The standard InChI is InChI=1S/C19H12F3NO3S/c20-19(21,22)14-8-4-5-12(9-14)10-16-17(25)23(18(26)27-16)11-15(24)13-6-2-1-3-7-13/h1-10H,11H2/b16-10+. The molecule has 2 amide bonds. The molecule has 1 saturated heterocycles. The number of Topliss-reactive ketones (excluding diaryl/α,β-unsaturated/α-hetero) is 1. The first kappa shape index (κ1) is 18.9. The van der Waals surface area contributed by atoms with Gasteiger partial charge in [0.1, 0.15) is 0 Å². The average molecular weight is 391 g/mol. The Labute approximate surface area is 156 Å². The van der Waals surface area contributed by atoms with Crippen LogP contribution < -0.4 is 0 Å². The number of carbonyl (C=O) groups excluding carboxylic acids is 3. The van der Waals surface area contributed by atoms with E-state index in [2.05, 4.69) is 0 Å². The van der Waals surface area contributed by atoms with Gasteiger partial charge in [-0.1, -0.05) is 42.5 Å². The number of alkyl halides is 3. The minimum Gasteiger partial charge on any atom is -0.292 e. The number of thioether (sulfide) groups is 1. The molecule has 0 unspecified atom stereocenters. The van der Waals surface area contributed by atoms with Crippen LogP contribution >= 0.6 is 11.8 Å². The van der Waals surface area contributed by atoms with E-state index < -0.39 is 35.2 Å². The zero-order chi connectivity index (χ0) is 19.6. The zero-order valence-corrected chi connectivity index (χ0v) is 14.5. The van der Waals surface area contributed by atoms with Gasteiger partial charge in [0.25, 0.3) is 11.1 Å². The van der Waals surface area contributed by atoms with E-state index in [0.29, 0.717) is 17.3 Å². The lowest BCUT2D eigenvalue weighted by Gasteiger charge is -2.11. The number of amides is 2. The Balaban J connectivity index is 1.80. The molecule has 0 radical (unpaired) electrons. The molecule has 4 nitrogen and oxygen atoms in total. The van der Waals surface area contributed by atoms with E-state index in [1.54, 1.807) is 30.3 Å². The van der Waals surface area contributed by atoms with Gasteiger partial charge in [0, 0.05) is 5.56 Å². The number of hydrogen-bond acceptors (Lipinski definition) is 4. The second-order valence-corrected chi connectivity index (χ2v) is 6.67. The fourth-order valence-corrected chi connectivity index (χ4v) is 3.29. The Morgan fingerprint density at radius 1 is 1.04 bits per heavy atom. The van der Waals surface area contributed by atoms with Crippen LogP contribution in [0.1, 0.15) is 21.5 Å². The highest BCUT2D eigenvalue weighted by Gasteiger charge is 2.36. The van der Waals surface area contributed by atoms with Gasteiger partial charge in [-0.2, -0.15) is 13.2 Å². The average Bonchev–Trinajstić information content (AvgIpc) is 2.89. The third-order valence-electron chi connectivity index (χ3n) is 3.78. The predicted molar refractivity (Wildman–Crippen MR) is 94.9 cm³/mol. The third-order valence-corrected chi connectivity index (χ3v) is 4.69. The summed E-state index contributed by atoms with van der Waals surface area (Å²) in [6.07, 6.45) is -3.29. The van der Waals surface area contributed by atoms with Gasteiger partial charge in [0.15, 0.2) is 5.78 Å². The van der Waals surface area contributed by atoms with Crippen LogP contribution in [0.5, 0.6) is 0 Å². The molecule has 0 bridgehead atoms. The summed E-state index contributed by atoms with van der Waals surface area (Å²) in [6, 6.07) is 12.6. The maximum Gasteiger partial charge on any atom is 0.416 e. The highest BCUT2D eigenvalue weighted by molar-refractivity contribution is 8.18. The first-order chi connectivity index (χ1) is 12.8. The van der Waals surface area contributed by atoms with E-state index in [4.69, 9.17) is 0 Å². The van der Waals surface area contributed by atoms with Crippen molar-refractivity contribution in [3.8, 4) is 0 Å². The number of halogens is 3. The topological polar surface area (TPSA) is 54.5 Å². The molecule has 1 fully saturated rings. The fraction of sp³-hybridized carbons (Fsp3) is 0.105. The van der Waals surface area contributed by atoms with Crippen molar-refractivity contribution >= 4 is 34.8 Å². The SMILES string of the molecule is O=C(CN1C(=O)S/C(=C/c2cccc(C(F)(F)F)c2)C1=O)c1ccccc1. The Morgan fingerprint density at radius 3 is 2.41 bits per heavy atom. The van der Waals surface area contributed by atoms with Crippen molar-refractivity contribution in [1.82, 2.24) is 4.90 Å². The van der Waals surface area contributed by atoms with Gasteiger partial charge in [-0.05, 0) is 35.5 Å². The van der Waals surface area contributed by atoms with E-state index in [-0.39, 0.29) is 10.5 Å². The van der Waals surface area contributed by atoms with Crippen molar-refractivity contribution < 1.29 is 27.6 Å². The van der Waals surface area contributed by atoms with Gasteiger partial charge in [-0.3, -0.25) is 19.3 Å². The quantitative estimate of drug-likeness (QED) is 0.564. The van der Waals surface area contributed by atoms with E-state index >= 15 is 0 Å². The summed E-state index contributed by atoms with van der Waals surface area (Å²) in [5, 5.41) is -0.637. The number of rotatable bonds is 4. The number of nitrogens with zero attached hydrogens (tertiary/aromatic N) is 1. The summed E-state index contributed by atoms with van der Waals surface area (Å²) in [4.78, 5) is 37.5. The molecule has 3 rings (SSSR count). The highest BCUT2D eigenvalue weighted by Crippen LogP contribution is 2.34. The van der Waals surface area contributed by atoms with Crippen LogP contribution in [0, 0.1) is 0 Å². The van der Waals surface area contributed by atoms with Crippen LogP contribution in [0.2, 0.25) is 0 Å². The Bertz CT molecular complexity index is 939. The largest absolute Gasteiger partial charge is 0.416 e. The van der Waals surface area contributed by atoms with Crippen molar-refractivity contribution in [1.29, 1.82) is 0 Å². The van der Waals surface area contributed by atoms with Gasteiger partial charge in [0.05, 0.1) is 17.0 Å². The van der Waals surface area contributed by atoms with Crippen molar-refractivity contribution in [2.75, 3.05) is 6.54 Å². The zero-order valence-electron chi connectivity index (χ0n) is 13.7. The lowest BCUT2D eigenvalue weighted by molar-refractivity contribution is -0.137. The van der Waals surface area contributed by atoms with E-state index in [1.165, 1.54) is 18.2 Å². The van der Waals surface area contributed by atoms with Crippen LogP contribution in [0.25, 0.3) is 6.08 Å². The summed E-state index contributed by atoms with van der Waals surface area (Å²) in [5.74, 6) is -1.11. The summed E-state index contributed by atoms with van der Waals surface area (Å²) < 4.78 is 38.4. The number of hydrogen-bond donors (Lipinski definition) is 0. The molecule has 0 saturated carbocycles. The second-order valence-electron chi connectivity index (χ2n) is 5.68. The molecule has 1 aliphatic rings. The molecule has 1 heterocycles. The van der Waals surface area contributed by atoms with Crippen molar-refractivity contribution in [2.24, 2.45) is 0 Å². The van der Waals surface area contributed by atoms with E-state index in [9.17, 15) is 27.6 Å². The Kier molecular flexibility index (Phi) is 5.18. The normalized spacial score (nSPS) is 16.3. The Morgan fingerprint density at radius 2 is 1.74 bits per heavy atom. The minimum absolute atomic E-state index is 0.0276. The van der Waals surface area contributed by atoms with E-state index in [1.807, 2.05) is 0 Å². The van der Waals surface area contributed by atoms with Crippen LogP contribution in [0.3, 0.4) is 0 Å². The monoisotopic (exact) mass is 391 g/mol. The Hall–Kier alpha value is -2.87. The smallest absolute Gasteiger partial charge is 0.292 e. The fourth-order valence-electron chi connectivity index (χ4n) is 2.45. The molecule has 0 atom stereocenters. The summed E-state index contributed by atoms with van der Waals surface area (Å²) in [7, 11) is 0. The van der Waals surface area contributed by atoms with Crippen LogP contribution in [-0.4, -0.2) is 28.4 Å². The van der Waals surface area contributed by atoms with Crippen LogP contribution in [0.15, 0.2) is 59.5 Å². The maximum absolute atomic E-state index is 12.8. The highest BCUT2D eigenvalue weighted by atomic mass is 32.2. The molecule has 1 aliphatic heterocycles. The summed E-state index contributed by atoms with van der Waals surface area (Å²) in [6.45, 7) is -0.422. The molecule has 138 valence electrons. The van der Waals surface area contributed by atoms with Gasteiger partial charge in [-0.25, -0.2) is 0 Å². The number of carbonyl (C=O) groups is 3. The molecule has 0 aromatic heterocycles. The predicted octanol–water partition coefficient (Wildman–Crippen LogP) is 4.62. The summed E-state index contributed by atoms with van der Waals surface area (Å²) >= 11 is 0.592. The van der Waals surface area contributed by atoms with Crippen molar-refractivity contribution in [3.05, 3.63) is 76.2 Å². The molecule has 2 aromatic carbocycles. The number of imide groups is 1. The molecule has 0 spiro atoms. The van der Waals surface area contributed by atoms with Gasteiger partial charge in [-0.15, -0.1) is 0 Å². The van der Waals surface area contributed by atoms with Gasteiger partial charge < -0.3 is 0 Å². The molecule has 0 N–H and O–H groups in total. The third kappa shape index (κ3) is 4.28. The van der Waals surface area contributed by atoms with Gasteiger partial charge >= 0.3 is 6.18 Å². The molecule has 8 heteroatoms. The van der Waals surface area contributed by atoms with E-state index in [0.717, 1.165) is 17.0 Å². The lowest BCUT2D eigenvalue weighted by Crippen LogP contribution is -2.33. The molecule has 2 aromatic rings. The second kappa shape index (κ2) is 7.40. The van der Waals surface area contributed by atoms with Crippen molar-refractivity contribution in [3.63, 3.8) is 0 Å². The lowest BCUT2D eigenvalue weighted by atomic mass is 10.1. The van der Waals surface area contributed by atoms with Crippen LogP contribution in [-0.2, 0) is 11.0 Å².